The molecule has 1 heterocycles. The van der Waals surface area contributed by atoms with Crippen molar-refractivity contribution in [3.8, 4) is 0 Å². The minimum atomic E-state index is -0.0949. The molecule has 0 aliphatic carbocycles. The summed E-state index contributed by atoms with van der Waals surface area (Å²) in [6.07, 6.45) is 0.803. The number of amides is 1. The SMILES string of the molecule is CCC1Nc2ccc(I)cc2NC1=O. The number of hydrogen-bond acceptors (Lipinski definition) is 2. The van der Waals surface area contributed by atoms with Crippen molar-refractivity contribution in [2.75, 3.05) is 10.6 Å². The average Bonchev–Trinajstić information content (AvgIpc) is 2.16. The van der Waals surface area contributed by atoms with Crippen molar-refractivity contribution in [2.24, 2.45) is 0 Å². The number of halogens is 1. The second-order valence-electron chi connectivity index (χ2n) is 3.28. The van der Waals surface area contributed by atoms with Gasteiger partial charge in [0.1, 0.15) is 6.04 Å². The van der Waals surface area contributed by atoms with E-state index in [1.165, 1.54) is 0 Å². The normalized spacial score (nSPS) is 19.6. The molecule has 0 saturated heterocycles. The zero-order valence-electron chi connectivity index (χ0n) is 7.80. The van der Waals surface area contributed by atoms with Crippen molar-refractivity contribution >= 4 is 39.9 Å². The number of hydrogen-bond donors (Lipinski definition) is 2. The predicted molar refractivity (Wildman–Crippen MR) is 65.5 cm³/mol. The molecule has 0 bridgehead atoms. The zero-order chi connectivity index (χ0) is 10.1. The van der Waals surface area contributed by atoms with Crippen LogP contribution in [0, 0.1) is 3.57 Å². The Labute approximate surface area is 96.4 Å². The Bertz CT molecular complexity index is 378. The summed E-state index contributed by atoms with van der Waals surface area (Å²) < 4.78 is 1.12. The quantitative estimate of drug-likeness (QED) is 0.782. The molecule has 74 valence electrons. The molecule has 2 N–H and O–H groups in total. The Morgan fingerprint density at radius 1 is 1.43 bits per heavy atom. The maximum atomic E-state index is 11.5. The van der Waals surface area contributed by atoms with Gasteiger partial charge in [-0.25, -0.2) is 0 Å². The van der Waals surface area contributed by atoms with Gasteiger partial charge in [-0.3, -0.25) is 4.79 Å². The number of benzene rings is 1. The smallest absolute Gasteiger partial charge is 0.246 e. The molecule has 1 aliphatic heterocycles. The second kappa shape index (κ2) is 3.76. The number of fused-ring (bicyclic) bond motifs is 1. The van der Waals surface area contributed by atoms with Gasteiger partial charge in [-0.2, -0.15) is 0 Å². The summed E-state index contributed by atoms with van der Waals surface area (Å²) in [7, 11) is 0. The Hall–Kier alpha value is -0.780. The van der Waals surface area contributed by atoms with Crippen LogP contribution in [0.4, 0.5) is 11.4 Å². The van der Waals surface area contributed by atoms with Crippen LogP contribution in [0.2, 0.25) is 0 Å². The molecule has 3 nitrogen and oxygen atoms in total. The molecule has 0 radical (unpaired) electrons. The molecule has 4 heteroatoms. The van der Waals surface area contributed by atoms with Gasteiger partial charge < -0.3 is 10.6 Å². The van der Waals surface area contributed by atoms with Gasteiger partial charge in [0.2, 0.25) is 5.91 Å². The first-order valence-corrected chi connectivity index (χ1v) is 5.65. The Morgan fingerprint density at radius 3 is 2.93 bits per heavy atom. The molecule has 1 atom stereocenters. The third-order valence-corrected chi connectivity index (χ3v) is 2.96. The van der Waals surface area contributed by atoms with Gasteiger partial charge in [-0.15, -0.1) is 0 Å². The Balaban J connectivity index is 2.35. The number of carbonyl (C=O) groups is 1. The third-order valence-electron chi connectivity index (χ3n) is 2.29. The van der Waals surface area contributed by atoms with Crippen molar-refractivity contribution in [3.05, 3.63) is 21.8 Å². The van der Waals surface area contributed by atoms with E-state index in [1.54, 1.807) is 0 Å². The van der Waals surface area contributed by atoms with Crippen molar-refractivity contribution < 1.29 is 4.79 Å². The van der Waals surface area contributed by atoms with E-state index in [1.807, 2.05) is 25.1 Å². The first-order chi connectivity index (χ1) is 6.70. The fourth-order valence-corrected chi connectivity index (χ4v) is 2.00. The molecule has 1 amide bonds. The Morgan fingerprint density at radius 2 is 2.21 bits per heavy atom. The number of rotatable bonds is 1. The molecule has 0 fully saturated rings. The van der Waals surface area contributed by atoms with Gasteiger partial charge in [-0.05, 0) is 47.2 Å². The van der Waals surface area contributed by atoms with E-state index < -0.39 is 0 Å². The highest BCUT2D eigenvalue weighted by Gasteiger charge is 2.23. The Kier molecular flexibility index (Phi) is 2.62. The minimum Gasteiger partial charge on any atom is -0.372 e. The van der Waals surface area contributed by atoms with Crippen molar-refractivity contribution in [3.63, 3.8) is 0 Å². The molecule has 1 aromatic carbocycles. The summed E-state index contributed by atoms with van der Waals surface area (Å²) in [4.78, 5) is 11.5. The van der Waals surface area contributed by atoms with Crippen LogP contribution in [0.3, 0.4) is 0 Å². The number of nitrogens with one attached hydrogen (secondary N) is 2. The van der Waals surface area contributed by atoms with E-state index in [2.05, 4.69) is 33.2 Å². The van der Waals surface area contributed by atoms with E-state index in [9.17, 15) is 4.79 Å². The molecular weight excluding hydrogens is 291 g/mol. The summed E-state index contributed by atoms with van der Waals surface area (Å²) in [6, 6.07) is 5.89. The molecular formula is C10H11IN2O. The maximum Gasteiger partial charge on any atom is 0.246 e. The summed E-state index contributed by atoms with van der Waals surface area (Å²) in [5.74, 6) is 0.0574. The molecule has 0 spiro atoms. The van der Waals surface area contributed by atoms with E-state index in [4.69, 9.17) is 0 Å². The lowest BCUT2D eigenvalue weighted by atomic mass is 10.1. The van der Waals surface area contributed by atoms with Gasteiger partial charge in [0, 0.05) is 3.57 Å². The fraction of sp³-hybridized carbons (Fsp3) is 0.300. The van der Waals surface area contributed by atoms with Crippen LogP contribution in [0.15, 0.2) is 18.2 Å². The van der Waals surface area contributed by atoms with Crippen LogP contribution < -0.4 is 10.6 Å². The monoisotopic (exact) mass is 302 g/mol. The molecule has 1 aliphatic rings. The average molecular weight is 302 g/mol. The highest BCUT2D eigenvalue weighted by atomic mass is 127. The predicted octanol–water partition coefficient (Wildman–Crippen LogP) is 2.43. The summed E-state index contributed by atoms with van der Waals surface area (Å²) in [5, 5.41) is 6.10. The van der Waals surface area contributed by atoms with Gasteiger partial charge in [0.25, 0.3) is 0 Å². The van der Waals surface area contributed by atoms with E-state index in [-0.39, 0.29) is 11.9 Å². The molecule has 2 rings (SSSR count). The molecule has 0 saturated carbocycles. The third kappa shape index (κ3) is 1.70. The highest BCUT2D eigenvalue weighted by molar-refractivity contribution is 14.1. The standard InChI is InChI=1S/C10H11IN2O/c1-2-7-10(14)13-9-5-6(11)3-4-8(9)12-7/h3-5,7,12H,2H2,1H3,(H,13,14). The molecule has 0 aromatic heterocycles. The maximum absolute atomic E-state index is 11.5. The zero-order valence-corrected chi connectivity index (χ0v) is 9.96. The van der Waals surface area contributed by atoms with Crippen molar-refractivity contribution in [1.29, 1.82) is 0 Å². The second-order valence-corrected chi connectivity index (χ2v) is 4.53. The van der Waals surface area contributed by atoms with Crippen LogP contribution in [0.1, 0.15) is 13.3 Å². The lowest BCUT2D eigenvalue weighted by Crippen LogP contribution is -2.38. The molecule has 1 aromatic rings. The van der Waals surface area contributed by atoms with Crippen molar-refractivity contribution in [1.82, 2.24) is 0 Å². The van der Waals surface area contributed by atoms with Crippen LogP contribution in [-0.4, -0.2) is 11.9 Å². The van der Waals surface area contributed by atoms with Crippen LogP contribution >= 0.6 is 22.6 Å². The topological polar surface area (TPSA) is 41.1 Å². The van der Waals surface area contributed by atoms with E-state index in [0.717, 1.165) is 21.4 Å². The molecule has 1 unspecified atom stereocenters. The lowest BCUT2D eigenvalue weighted by Gasteiger charge is -2.25. The van der Waals surface area contributed by atoms with Gasteiger partial charge in [0.05, 0.1) is 11.4 Å². The van der Waals surface area contributed by atoms with Crippen molar-refractivity contribution in [2.45, 2.75) is 19.4 Å². The van der Waals surface area contributed by atoms with Gasteiger partial charge in [0.15, 0.2) is 0 Å². The minimum absolute atomic E-state index is 0.0574. The fourth-order valence-electron chi connectivity index (χ4n) is 1.51. The molecule has 14 heavy (non-hydrogen) atoms. The van der Waals surface area contributed by atoms with Crippen LogP contribution in [0.25, 0.3) is 0 Å². The lowest BCUT2D eigenvalue weighted by molar-refractivity contribution is -0.117. The van der Waals surface area contributed by atoms with E-state index >= 15 is 0 Å². The summed E-state index contributed by atoms with van der Waals surface area (Å²) >= 11 is 2.23. The largest absolute Gasteiger partial charge is 0.372 e. The number of anilines is 2. The first-order valence-electron chi connectivity index (χ1n) is 4.57. The first kappa shape index (κ1) is 9.76. The van der Waals surface area contributed by atoms with Crippen LogP contribution in [0.5, 0.6) is 0 Å². The van der Waals surface area contributed by atoms with Gasteiger partial charge in [-0.1, -0.05) is 6.92 Å². The van der Waals surface area contributed by atoms with Gasteiger partial charge >= 0.3 is 0 Å². The summed E-state index contributed by atoms with van der Waals surface area (Å²) in [6.45, 7) is 1.99. The highest BCUT2D eigenvalue weighted by Crippen LogP contribution is 2.28. The number of carbonyl (C=O) groups excluding carboxylic acids is 1. The van der Waals surface area contributed by atoms with E-state index in [0.29, 0.717) is 0 Å². The van der Waals surface area contributed by atoms with Crippen LogP contribution in [-0.2, 0) is 4.79 Å². The summed E-state index contributed by atoms with van der Waals surface area (Å²) in [5.41, 5.74) is 1.89.